The average molecular weight is 347 g/mol. The van der Waals surface area contributed by atoms with Crippen LogP contribution in [0.15, 0.2) is 0 Å². The molecule has 3 atom stereocenters. The number of fused-ring (bicyclic) bond motifs is 2. The van der Waals surface area contributed by atoms with Crippen LogP contribution in [0.3, 0.4) is 0 Å². The standard InChI is InChI=1S/C16H38SSi3/c1-17(2,3)20(18(4,5)6,19(7,8)9)16-13-14-10-11-15(16)12-14/h14-16H,10-13H2,1-9H3. The normalized spacial score (nSPS) is 32.8. The Labute approximate surface area is 132 Å². The molecule has 120 valence electrons. The molecule has 2 fully saturated rings. The number of rotatable bonds is 4. The van der Waals surface area contributed by atoms with E-state index >= 15 is 0 Å². The minimum absolute atomic E-state index is 0.385. The molecule has 0 aromatic heterocycles. The predicted octanol–water partition coefficient (Wildman–Crippen LogP) is 5.65. The van der Waals surface area contributed by atoms with Gasteiger partial charge < -0.3 is 0 Å². The summed E-state index contributed by atoms with van der Waals surface area (Å²) in [6, 6.07) is 0. The first-order chi connectivity index (χ1) is 8.82. The van der Waals surface area contributed by atoms with Crippen molar-refractivity contribution in [3.8, 4) is 0 Å². The molecule has 0 N–H and O–H groups in total. The van der Waals surface area contributed by atoms with Crippen molar-refractivity contribution in [2.24, 2.45) is 11.8 Å². The number of hydrogen-bond acceptors (Lipinski definition) is 0. The lowest BCUT2D eigenvalue weighted by Gasteiger charge is -2.65. The molecule has 4 heteroatoms. The summed E-state index contributed by atoms with van der Waals surface area (Å²) in [6.45, 7) is 16.6. The lowest BCUT2D eigenvalue weighted by molar-refractivity contribution is 0.476. The van der Waals surface area contributed by atoms with E-state index in [0.29, 0.717) is 0 Å². The van der Waals surface area contributed by atoms with E-state index in [1.807, 2.05) is 0 Å². The van der Waals surface area contributed by atoms with Crippen LogP contribution in [0.2, 0.25) is 44.8 Å². The third-order valence-electron chi connectivity index (χ3n) is 6.45. The van der Waals surface area contributed by atoms with Crippen molar-refractivity contribution < 1.29 is 0 Å². The molecule has 0 heterocycles. The first kappa shape index (κ1) is 17.4. The van der Waals surface area contributed by atoms with E-state index in [1.54, 1.807) is 25.7 Å². The Kier molecular flexibility index (Phi) is 4.34. The molecular formula is C16H38SSi3. The highest BCUT2D eigenvalue weighted by molar-refractivity contribution is 8.64. The Balaban J connectivity index is 2.59. The van der Waals surface area contributed by atoms with Gasteiger partial charge in [0.15, 0.2) is 0 Å². The summed E-state index contributed by atoms with van der Waals surface area (Å²) in [5.41, 5.74) is 1.22. The van der Waals surface area contributed by atoms with Crippen molar-refractivity contribution in [3.05, 3.63) is 0 Å². The maximum Gasteiger partial charge on any atom is 0.0846 e. The molecule has 0 radical (unpaired) electrons. The Morgan fingerprint density at radius 1 is 0.750 bits per heavy atom. The van der Waals surface area contributed by atoms with Crippen LogP contribution in [0.4, 0.5) is 0 Å². The van der Waals surface area contributed by atoms with Crippen LogP contribution in [0, 0.1) is 11.8 Å². The van der Waals surface area contributed by atoms with Gasteiger partial charge in [0.05, 0.1) is 6.26 Å². The fourth-order valence-corrected chi connectivity index (χ4v) is 101. The molecule has 0 aliphatic heterocycles. The molecule has 2 bridgehead atoms. The Morgan fingerprint density at radius 2 is 1.25 bits per heavy atom. The van der Waals surface area contributed by atoms with Crippen molar-refractivity contribution in [3.63, 3.8) is 0 Å². The highest BCUT2D eigenvalue weighted by Gasteiger charge is 2.66. The van der Waals surface area contributed by atoms with Crippen LogP contribution in [0.25, 0.3) is 0 Å². The molecule has 0 nitrogen and oxygen atoms in total. The molecule has 2 aliphatic carbocycles. The highest BCUT2D eigenvalue weighted by atomic mass is 32.5. The highest BCUT2D eigenvalue weighted by Crippen LogP contribution is 2.68. The second kappa shape index (κ2) is 5.00. The second-order valence-corrected chi connectivity index (χ2v) is 48.3. The van der Waals surface area contributed by atoms with E-state index in [2.05, 4.69) is 58.0 Å². The minimum Gasteiger partial charge on any atom is -0.265 e. The molecule has 2 rings (SSSR count). The third kappa shape index (κ3) is 2.37. The van der Waals surface area contributed by atoms with Gasteiger partial charge in [0.1, 0.15) is 0 Å². The van der Waals surface area contributed by atoms with E-state index in [0.717, 1.165) is 11.8 Å². The lowest BCUT2D eigenvalue weighted by atomic mass is 10.0. The van der Waals surface area contributed by atoms with Crippen molar-refractivity contribution in [2.45, 2.75) is 70.5 Å². The van der Waals surface area contributed by atoms with E-state index < -0.39 is 21.4 Å². The Morgan fingerprint density at radius 3 is 1.50 bits per heavy atom. The first-order valence-electron chi connectivity index (χ1n) is 8.50. The van der Waals surface area contributed by atoms with Crippen LogP contribution in [0.5, 0.6) is 0 Å². The Hall–Kier alpha value is 1.00. The van der Waals surface area contributed by atoms with Crippen LogP contribution in [0.1, 0.15) is 25.7 Å². The summed E-state index contributed by atoms with van der Waals surface area (Å²) in [5, 5.41) is 0. The SMILES string of the molecule is C[Si](C)(C)[Si](C1CC2CCC1C2)([Si](C)(C)C)S(C)(C)C. The van der Waals surface area contributed by atoms with Gasteiger partial charge in [0.2, 0.25) is 0 Å². The zero-order valence-electron chi connectivity index (χ0n) is 15.5. The van der Waals surface area contributed by atoms with Crippen LogP contribution in [-0.2, 0) is 0 Å². The van der Waals surface area contributed by atoms with Gasteiger partial charge in [-0.15, -0.1) is 0 Å². The molecule has 3 unspecified atom stereocenters. The van der Waals surface area contributed by atoms with Gasteiger partial charge in [-0.05, 0) is 49.0 Å². The first-order valence-corrected chi connectivity index (χ1v) is 23.2. The zero-order valence-corrected chi connectivity index (χ0v) is 19.3. The molecule has 0 amide bonds. The van der Waals surface area contributed by atoms with Gasteiger partial charge in [-0.2, -0.15) is 0 Å². The average Bonchev–Trinajstić information content (AvgIpc) is 2.71. The Bertz CT molecular complexity index is 337. The van der Waals surface area contributed by atoms with Crippen LogP contribution in [-0.4, -0.2) is 40.2 Å². The predicted molar refractivity (Wildman–Crippen MR) is 107 cm³/mol. The molecule has 0 saturated heterocycles. The topological polar surface area (TPSA) is 0 Å². The van der Waals surface area contributed by atoms with Crippen molar-refractivity contribution in [1.82, 2.24) is 0 Å². The summed E-state index contributed by atoms with van der Waals surface area (Å²) in [7, 11) is -2.53. The van der Waals surface area contributed by atoms with Gasteiger partial charge in [-0.3, -0.25) is 9.48 Å². The summed E-state index contributed by atoms with van der Waals surface area (Å²) < 4.78 is 0. The fourth-order valence-electron chi connectivity index (χ4n) is 7.27. The summed E-state index contributed by atoms with van der Waals surface area (Å²) in [4.78, 5) is 0. The van der Waals surface area contributed by atoms with Gasteiger partial charge in [0.25, 0.3) is 0 Å². The maximum atomic E-state index is 2.77. The zero-order chi connectivity index (χ0) is 15.6. The van der Waals surface area contributed by atoms with E-state index in [4.69, 9.17) is 0 Å². The van der Waals surface area contributed by atoms with Crippen LogP contribution < -0.4 is 0 Å². The largest absolute Gasteiger partial charge is 0.265 e. The smallest absolute Gasteiger partial charge is 0.0846 e. The van der Waals surface area contributed by atoms with Crippen molar-refractivity contribution in [1.29, 1.82) is 0 Å². The van der Waals surface area contributed by atoms with Crippen molar-refractivity contribution in [2.75, 3.05) is 18.8 Å². The van der Waals surface area contributed by atoms with E-state index in [9.17, 15) is 0 Å². The minimum atomic E-state index is -1.16. The summed E-state index contributed by atoms with van der Waals surface area (Å²) in [6.07, 6.45) is 13.4. The van der Waals surface area contributed by atoms with Gasteiger partial charge >= 0.3 is 0 Å². The maximum absolute atomic E-state index is 2.77. The van der Waals surface area contributed by atoms with Crippen LogP contribution >= 0.6 is 9.48 Å². The quantitative estimate of drug-likeness (QED) is 0.577. The molecule has 0 aromatic carbocycles. The monoisotopic (exact) mass is 346 g/mol. The summed E-state index contributed by atoms with van der Waals surface area (Å²) >= 11 is 0. The lowest BCUT2D eigenvalue weighted by Crippen LogP contribution is -2.76. The molecule has 20 heavy (non-hydrogen) atoms. The van der Waals surface area contributed by atoms with E-state index in [1.165, 1.54) is 5.54 Å². The molecule has 2 aliphatic rings. The van der Waals surface area contributed by atoms with Gasteiger partial charge in [0, 0.05) is 15.2 Å². The van der Waals surface area contributed by atoms with Crippen molar-refractivity contribution >= 4 is 30.9 Å². The second-order valence-electron chi connectivity index (χ2n) is 10.4. The van der Waals surface area contributed by atoms with E-state index in [-0.39, 0.29) is 9.48 Å². The van der Waals surface area contributed by atoms with Gasteiger partial charge in [-0.25, -0.2) is 0 Å². The third-order valence-corrected chi connectivity index (χ3v) is 72.4. The molecule has 2 saturated carbocycles. The number of hydrogen-bond donors (Lipinski definition) is 0. The van der Waals surface area contributed by atoms with Gasteiger partial charge in [-0.1, -0.05) is 52.1 Å². The molecular weight excluding hydrogens is 309 g/mol. The molecule has 0 spiro atoms. The summed E-state index contributed by atoms with van der Waals surface area (Å²) in [5.74, 6) is 2.28. The molecule has 0 aromatic rings. The fraction of sp³-hybridized carbons (Fsp3) is 1.00.